The van der Waals surface area contributed by atoms with Crippen molar-refractivity contribution in [1.29, 1.82) is 0 Å². The number of carbonyl (C=O) groups excluding carboxylic acids is 1. The van der Waals surface area contributed by atoms with Gasteiger partial charge in [-0.15, -0.1) is 0 Å². The number of nitrogens with one attached hydrogen (secondary N) is 2. The van der Waals surface area contributed by atoms with Crippen molar-refractivity contribution in [3.8, 4) is 0 Å². The van der Waals surface area contributed by atoms with Gasteiger partial charge in [0.2, 0.25) is 5.91 Å². The molecule has 2 aliphatic rings. The molecule has 1 amide bonds. The van der Waals surface area contributed by atoms with Crippen LogP contribution in [0, 0.1) is 23.7 Å². The van der Waals surface area contributed by atoms with Crippen molar-refractivity contribution in [1.82, 2.24) is 10.6 Å². The third kappa shape index (κ3) is 5.61. The SMILES string of the molecule is CC(C)C(CC1CCCCC1)C(=O)NCCC1CCNC1. The number of hydrogen-bond acceptors (Lipinski definition) is 2. The lowest BCUT2D eigenvalue weighted by atomic mass is 9.79. The van der Waals surface area contributed by atoms with Crippen molar-refractivity contribution < 1.29 is 4.79 Å². The summed E-state index contributed by atoms with van der Waals surface area (Å²) in [5.41, 5.74) is 0. The summed E-state index contributed by atoms with van der Waals surface area (Å²) in [6, 6.07) is 0. The van der Waals surface area contributed by atoms with Crippen molar-refractivity contribution in [2.24, 2.45) is 23.7 Å². The number of amides is 1. The smallest absolute Gasteiger partial charge is 0.223 e. The molecule has 1 heterocycles. The van der Waals surface area contributed by atoms with E-state index in [0.717, 1.165) is 44.3 Å². The highest BCUT2D eigenvalue weighted by Crippen LogP contribution is 2.31. The maximum absolute atomic E-state index is 12.5. The van der Waals surface area contributed by atoms with Crippen LogP contribution in [0.1, 0.15) is 65.2 Å². The Morgan fingerprint density at radius 3 is 2.52 bits per heavy atom. The van der Waals surface area contributed by atoms with Gasteiger partial charge in [0.25, 0.3) is 0 Å². The van der Waals surface area contributed by atoms with Crippen LogP contribution in [0.4, 0.5) is 0 Å². The minimum Gasteiger partial charge on any atom is -0.356 e. The molecule has 1 aliphatic carbocycles. The van der Waals surface area contributed by atoms with E-state index in [0.29, 0.717) is 11.8 Å². The van der Waals surface area contributed by atoms with Gasteiger partial charge in [0.15, 0.2) is 0 Å². The van der Waals surface area contributed by atoms with E-state index < -0.39 is 0 Å². The Morgan fingerprint density at radius 2 is 1.90 bits per heavy atom. The predicted octanol–water partition coefficient (Wildman–Crippen LogP) is 3.34. The zero-order valence-electron chi connectivity index (χ0n) is 14.0. The molecule has 2 fully saturated rings. The second-order valence-corrected chi connectivity index (χ2v) is 7.53. The lowest BCUT2D eigenvalue weighted by Crippen LogP contribution is -2.36. The summed E-state index contributed by atoms with van der Waals surface area (Å²) in [4.78, 5) is 12.5. The molecule has 0 spiro atoms. The molecule has 1 saturated heterocycles. The quantitative estimate of drug-likeness (QED) is 0.756. The largest absolute Gasteiger partial charge is 0.356 e. The molecule has 1 aliphatic heterocycles. The number of hydrogen-bond donors (Lipinski definition) is 2. The fraction of sp³-hybridized carbons (Fsp3) is 0.944. The van der Waals surface area contributed by atoms with Gasteiger partial charge in [-0.25, -0.2) is 0 Å². The van der Waals surface area contributed by atoms with E-state index >= 15 is 0 Å². The van der Waals surface area contributed by atoms with Crippen LogP contribution >= 0.6 is 0 Å². The Morgan fingerprint density at radius 1 is 1.14 bits per heavy atom. The third-order valence-corrected chi connectivity index (χ3v) is 5.47. The minimum atomic E-state index is 0.217. The lowest BCUT2D eigenvalue weighted by Gasteiger charge is -2.28. The molecule has 3 nitrogen and oxygen atoms in total. The second-order valence-electron chi connectivity index (χ2n) is 7.53. The van der Waals surface area contributed by atoms with Gasteiger partial charge in [-0.05, 0) is 50.1 Å². The zero-order chi connectivity index (χ0) is 15.1. The molecule has 0 aromatic rings. The van der Waals surface area contributed by atoms with Gasteiger partial charge in [0.1, 0.15) is 0 Å². The average Bonchev–Trinajstić information content (AvgIpc) is 2.98. The van der Waals surface area contributed by atoms with Gasteiger partial charge in [-0.1, -0.05) is 46.0 Å². The van der Waals surface area contributed by atoms with E-state index in [9.17, 15) is 4.79 Å². The summed E-state index contributed by atoms with van der Waals surface area (Å²) in [6.45, 7) is 7.54. The molecule has 2 N–H and O–H groups in total. The minimum absolute atomic E-state index is 0.217. The Hall–Kier alpha value is -0.570. The molecule has 2 atom stereocenters. The van der Waals surface area contributed by atoms with E-state index in [1.165, 1.54) is 38.5 Å². The first-order valence-electron chi connectivity index (χ1n) is 9.15. The number of carbonyl (C=O) groups is 1. The lowest BCUT2D eigenvalue weighted by molar-refractivity contribution is -0.127. The summed E-state index contributed by atoms with van der Waals surface area (Å²) in [5.74, 6) is 2.54. The van der Waals surface area contributed by atoms with E-state index in [1.807, 2.05) is 0 Å². The molecule has 1 saturated carbocycles. The van der Waals surface area contributed by atoms with Crippen molar-refractivity contribution in [2.75, 3.05) is 19.6 Å². The third-order valence-electron chi connectivity index (χ3n) is 5.47. The molecule has 3 heteroatoms. The highest BCUT2D eigenvalue weighted by Gasteiger charge is 2.26. The highest BCUT2D eigenvalue weighted by molar-refractivity contribution is 5.78. The molecule has 0 aromatic heterocycles. The molecule has 0 radical (unpaired) electrons. The van der Waals surface area contributed by atoms with Crippen LogP contribution in [0.25, 0.3) is 0 Å². The van der Waals surface area contributed by atoms with Crippen LogP contribution < -0.4 is 10.6 Å². The van der Waals surface area contributed by atoms with Crippen LogP contribution in [0.3, 0.4) is 0 Å². The molecular weight excluding hydrogens is 260 g/mol. The average molecular weight is 294 g/mol. The van der Waals surface area contributed by atoms with E-state index in [-0.39, 0.29) is 5.92 Å². The van der Waals surface area contributed by atoms with E-state index in [2.05, 4.69) is 24.5 Å². The van der Waals surface area contributed by atoms with Gasteiger partial charge in [0.05, 0.1) is 0 Å². The maximum atomic E-state index is 12.5. The Kier molecular flexibility index (Phi) is 7.01. The Labute approximate surface area is 130 Å². The maximum Gasteiger partial charge on any atom is 0.223 e. The summed E-state index contributed by atoms with van der Waals surface area (Å²) >= 11 is 0. The normalized spacial score (nSPS) is 25.2. The number of rotatable bonds is 7. The summed E-state index contributed by atoms with van der Waals surface area (Å²) in [6.07, 6.45) is 10.3. The summed E-state index contributed by atoms with van der Waals surface area (Å²) in [5, 5.41) is 6.61. The first-order valence-corrected chi connectivity index (χ1v) is 9.15. The summed E-state index contributed by atoms with van der Waals surface area (Å²) in [7, 11) is 0. The van der Waals surface area contributed by atoms with Gasteiger partial charge < -0.3 is 10.6 Å². The molecular formula is C18H34N2O. The molecule has 2 rings (SSSR count). The molecule has 21 heavy (non-hydrogen) atoms. The highest BCUT2D eigenvalue weighted by atomic mass is 16.1. The van der Waals surface area contributed by atoms with Crippen molar-refractivity contribution in [3.63, 3.8) is 0 Å². The Bertz CT molecular complexity index is 304. The van der Waals surface area contributed by atoms with Crippen molar-refractivity contribution in [3.05, 3.63) is 0 Å². The monoisotopic (exact) mass is 294 g/mol. The molecule has 2 unspecified atom stereocenters. The van der Waals surface area contributed by atoms with Crippen molar-refractivity contribution in [2.45, 2.75) is 65.2 Å². The van der Waals surface area contributed by atoms with Crippen LogP contribution in [0.15, 0.2) is 0 Å². The van der Waals surface area contributed by atoms with Crippen LogP contribution in [0.2, 0.25) is 0 Å². The Balaban J connectivity index is 1.72. The fourth-order valence-corrected chi connectivity index (χ4v) is 3.96. The van der Waals surface area contributed by atoms with Gasteiger partial charge >= 0.3 is 0 Å². The molecule has 122 valence electrons. The van der Waals surface area contributed by atoms with Crippen LogP contribution in [-0.4, -0.2) is 25.5 Å². The van der Waals surface area contributed by atoms with E-state index in [1.54, 1.807) is 0 Å². The topological polar surface area (TPSA) is 41.1 Å². The van der Waals surface area contributed by atoms with Crippen LogP contribution in [0.5, 0.6) is 0 Å². The predicted molar refractivity (Wildman–Crippen MR) is 88.1 cm³/mol. The second kappa shape index (κ2) is 8.77. The molecule has 0 aromatic carbocycles. The molecule has 0 bridgehead atoms. The van der Waals surface area contributed by atoms with Gasteiger partial charge in [-0.2, -0.15) is 0 Å². The van der Waals surface area contributed by atoms with Crippen molar-refractivity contribution >= 4 is 5.91 Å². The van der Waals surface area contributed by atoms with E-state index in [4.69, 9.17) is 0 Å². The van der Waals surface area contributed by atoms with Gasteiger partial charge in [-0.3, -0.25) is 4.79 Å². The summed E-state index contributed by atoms with van der Waals surface area (Å²) < 4.78 is 0. The standard InChI is InChI=1S/C18H34N2O/c1-14(2)17(12-15-6-4-3-5-7-15)18(21)20-11-9-16-8-10-19-13-16/h14-17,19H,3-13H2,1-2H3,(H,20,21). The fourth-order valence-electron chi connectivity index (χ4n) is 3.96. The van der Waals surface area contributed by atoms with Gasteiger partial charge in [0, 0.05) is 12.5 Å². The first-order chi connectivity index (χ1) is 10.2. The first kappa shape index (κ1) is 16.8. The zero-order valence-corrected chi connectivity index (χ0v) is 14.0. The van der Waals surface area contributed by atoms with Crippen LogP contribution in [-0.2, 0) is 4.79 Å².